The van der Waals surface area contributed by atoms with Gasteiger partial charge in [-0.25, -0.2) is 9.78 Å². The van der Waals surface area contributed by atoms with Gasteiger partial charge in [0.1, 0.15) is 5.82 Å². The highest BCUT2D eigenvalue weighted by Crippen LogP contribution is 2.25. The Kier molecular flexibility index (Phi) is 5.48. The first-order valence-corrected chi connectivity index (χ1v) is 10.0. The minimum absolute atomic E-state index is 0.0289. The molecular weight excluding hydrogens is 398 g/mol. The van der Waals surface area contributed by atoms with E-state index < -0.39 is 16.2 Å². The molecule has 0 aliphatic carbocycles. The SMILES string of the molecule is CCCCn1c(-c2ccc([N+](=O)[O-])cc2)nc2c1c(=O)[nH]c(=O)n2Cc1ccccc1. The van der Waals surface area contributed by atoms with Crippen LogP contribution >= 0.6 is 0 Å². The molecule has 0 aliphatic rings. The first-order chi connectivity index (χ1) is 15.0. The zero-order valence-corrected chi connectivity index (χ0v) is 16.9. The molecule has 0 unspecified atom stereocenters. The van der Waals surface area contributed by atoms with E-state index in [2.05, 4.69) is 9.97 Å². The molecule has 0 saturated heterocycles. The van der Waals surface area contributed by atoms with Gasteiger partial charge in [0, 0.05) is 24.2 Å². The molecule has 0 saturated carbocycles. The molecular formula is C22H21N5O4. The van der Waals surface area contributed by atoms with E-state index in [4.69, 9.17) is 0 Å². The zero-order valence-electron chi connectivity index (χ0n) is 16.9. The first-order valence-electron chi connectivity index (χ1n) is 10.0. The van der Waals surface area contributed by atoms with Gasteiger partial charge < -0.3 is 4.57 Å². The summed E-state index contributed by atoms with van der Waals surface area (Å²) >= 11 is 0. The number of non-ortho nitro benzene ring substituents is 1. The number of hydrogen-bond acceptors (Lipinski definition) is 5. The van der Waals surface area contributed by atoms with E-state index in [9.17, 15) is 19.7 Å². The smallest absolute Gasteiger partial charge is 0.318 e. The van der Waals surface area contributed by atoms with Gasteiger partial charge in [-0.3, -0.25) is 24.5 Å². The molecule has 2 aromatic heterocycles. The quantitative estimate of drug-likeness (QED) is 0.364. The maximum Gasteiger partial charge on any atom is 0.330 e. The van der Waals surface area contributed by atoms with Crippen molar-refractivity contribution >= 4 is 16.9 Å². The Bertz CT molecular complexity index is 1350. The van der Waals surface area contributed by atoms with Crippen molar-refractivity contribution in [2.24, 2.45) is 0 Å². The van der Waals surface area contributed by atoms with Crippen LogP contribution < -0.4 is 11.2 Å². The van der Waals surface area contributed by atoms with Crippen molar-refractivity contribution in [2.75, 3.05) is 0 Å². The maximum absolute atomic E-state index is 12.8. The molecule has 0 radical (unpaired) electrons. The summed E-state index contributed by atoms with van der Waals surface area (Å²) in [5, 5.41) is 11.0. The van der Waals surface area contributed by atoms with E-state index >= 15 is 0 Å². The van der Waals surface area contributed by atoms with Crippen LogP contribution in [0.15, 0.2) is 64.2 Å². The van der Waals surface area contributed by atoms with E-state index in [1.54, 1.807) is 16.7 Å². The van der Waals surface area contributed by atoms with Crippen LogP contribution in [0.2, 0.25) is 0 Å². The number of imidazole rings is 1. The Balaban J connectivity index is 1.94. The van der Waals surface area contributed by atoms with Crippen LogP contribution in [-0.2, 0) is 13.1 Å². The summed E-state index contributed by atoms with van der Waals surface area (Å²) < 4.78 is 3.24. The fraction of sp³-hybridized carbons (Fsp3) is 0.227. The van der Waals surface area contributed by atoms with Gasteiger partial charge in [-0.2, -0.15) is 0 Å². The second kappa shape index (κ2) is 8.39. The minimum atomic E-state index is -0.531. The largest absolute Gasteiger partial charge is 0.330 e. The molecule has 4 rings (SSSR count). The third-order valence-corrected chi connectivity index (χ3v) is 5.14. The van der Waals surface area contributed by atoms with Crippen LogP contribution in [0.3, 0.4) is 0 Å². The molecule has 1 N–H and O–H groups in total. The van der Waals surface area contributed by atoms with Gasteiger partial charge in [-0.1, -0.05) is 43.7 Å². The number of fused-ring (bicyclic) bond motifs is 1. The molecule has 158 valence electrons. The van der Waals surface area contributed by atoms with Gasteiger partial charge >= 0.3 is 5.69 Å². The van der Waals surface area contributed by atoms with E-state index in [1.807, 2.05) is 37.3 Å². The topological polar surface area (TPSA) is 116 Å². The summed E-state index contributed by atoms with van der Waals surface area (Å²) in [7, 11) is 0. The van der Waals surface area contributed by atoms with Crippen molar-refractivity contribution in [3.63, 3.8) is 0 Å². The predicted octanol–water partition coefficient (Wildman–Crippen LogP) is 3.31. The molecule has 9 heteroatoms. The molecule has 0 spiro atoms. The first kappa shape index (κ1) is 20.3. The standard InChI is InChI=1S/C22H21N5O4/c1-2-3-13-25-18-20(23-19(25)16-9-11-17(12-10-16)27(30)31)26(22(29)24-21(18)28)14-15-7-5-4-6-8-15/h4-12H,2-3,13-14H2,1H3,(H,24,28,29). The summed E-state index contributed by atoms with van der Waals surface area (Å²) in [4.78, 5) is 43.0. The Morgan fingerprint density at radius 3 is 2.39 bits per heavy atom. The van der Waals surface area contributed by atoms with Crippen LogP contribution in [0.25, 0.3) is 22.6 Å². The molecule has 2 heterocycles. The highest BCUT2D eigenvalue weighted by atomic mass is 16.6. The number of nitrogens with one attached hydrogen (secondary N) is 1. The van der Waals surface area contributed by atoms with Gasteiger partial charge in [0.25, 0.3) is 11.2 Å². The third-order valence-electron chi connectivity index (χ3n) is 5.14. The van der Waals surface area contributed by atoms with E-state index in [-0.39, 0.29) is 12.2 Å². The molecule has 2 aromatic carbocycles. The molecule has 0 fully saturated rings. The number of nitro benzene ring substituents is 1. The fourth-order valence-electron chi connectivity index (χ4n) is 3.57. The summed E-state index contributed by atoms with van der Waals surface area (Å²) in [6, 6.07) is 15.5. The summed E-state index contributed by atoms with van der Waals surface area (Å²) in [5.74, 6) is 0.497. The van der Waals surface area contributed by atoms with Crippen LogP contribution in [0.1, 0.15) is 25.3 Å². The number of nitro groups is 1. The van der Waals surface area contributed by atoms with Crippen molar-refractivity contribution < 1.29 is 4.92 Å². The normalized spacial score (nSPS) is 11.1. The number of nitrogens with zero attached hydrogens (tertiary/aromatic N) is 4. The highest BCUT2D eigenvalue weighted by Gasteiger charge is 2.20. The molecule has 0 aliphatic heterocycles. The van der Waals surface area contributed by atoms with Crippen LogP contribution in [-0.4, -0.2) is 24.0 Å². The van der Waals surface area contributed by atoms with Gasteiger partial charge in [-0.05, 0) is 24.1 Å². The Morgan fingerprint density at radius 2 is 1.74 bits per heavy atom. The lowest BCUT2D eigenvalue weighted by atomic mass is 10.2. The lowest BCUT2D eigenvalue weighted by Crippen LogP contribution is -2.31. The number of rotatable bonds is 7. The maximum atomic E-state index is 12.8. The summed E-state index contributed by atoms with van der Waals surface area (Å²) in [6.07, 6.45) is 1.71. The average Bonchev–Trinajstić information content (AvgIpc) is 3.15. The number of aromatic amines is 1. The molecule has 9 nitrogen and oxygen atoms in total. The zero-order chi connectivity index (χ0) is 22.0. The molecule has 0 amide bonds. The molecule has 4 aromatic rings. The fourth-order valence-corrected chi connectivity index (χ4v) is 3.57. The second-order valence-electron chi connectivity index (χ2n) is 7.25. The number of benzene rings is 2. The van der Waals surface area contributed by atoms with Gasteiger partial charge in [-0.15, -0.1) is 0 Å². The van der Waals surface area contributed by atoms with Crippen molar-refractivity contribution in [3.8, 4) is 11.4 Å². The Hall–Kier alpha value is -4.01. The van der Waals surface area contributed by atoms with E-state index in [1.165, 1.54) is 16.7 Å². The van der Waals surface area contributed by atoms with Crippen molar-refractivity contribution in [1.82, 2.24) is 19.1 Å². The number of H-pyrrole nitrogens is 1. The van der Waals surface area contributed by atoms with Gasteiger partial charge in [0.05, 0.1) is 11.5 Å². The minimum Gasteiger partial charge on any atom is -0.318 e. The lowest BCUT2D eigenvalue weighted by molar-refractivity contribution is -0.384. The summed E-state index contributed by atoms with van der Waals surface area (Å²) in [6.45, 7) is 2.84. The third kappa shape index (κ3) is 3.89. The molecule has 0 atom stereocenters. The molecule has 0 bridgehead atoms. The molecule has 31 heavy (non-hydrogen) atoms. The lowest BCUT2D eigenvalue weighted by Gasteiger charge is -2.09. The van der Waals surface area contributed by atoms with Crippen LogP contribution in [0.4, 0.5) is 5.69 Å². The Labute approximate surface area is 176 Å². The average molecular weight is 419 g/mol. The highest BCUT2D eigenvalue weighted by molar-refractivity contribution is 5.77. The van der Waals surface area contributed by atoms with E-state index in [0.717, 1.165) is 18.4 Å². The monoisotopic (exact) mass is 419 g/mol. The number of aryl methyl sites for hydroxylation is 1. The number of unbranched alkanes of at least 4 members (excludes halogenated alkanes) is 1. The second-order valence-corrected chi connectivity index (χ2v) is 7.25. The number of hydrogen-bond donors (Lipinski definition) is 1. The van der Waals surface area contributed by atoms with Gasteiger partial charge in [0.15, 0.2) is 11.2 Å². The van der Waals surface area contributed by atoms with Crippen LogP contribution in [0.5, 0.6) is 0 Å². The predicted molar refractivity (Wildman–Crippen MR) is 117 cm³/mol. The Morgan fingerprint density at radius 1 is 1.03 bits per heavy atom. The van der Waals surface area contributed by atoms with Crippen molar-refractivity contribution in [1.29, 1.82) is 0 Å². The van der Waals surface area contributed by atoms with Crippen molar-refractivity contribution in [3.05, 3.63) is 91.1 Å². The van der Waals surface area contributed by atoms with Crippen LogP contribution in [0, 0.1) is 10.1 Å². The summed E-state index contributed by atoms with van der Waals surface area (Å²) in [5.41, 5.74) is 1.09. The van der Waals surface area contributed by atoms with E-state index in [0.29, 0.717) is 29.1 Å². The van der Waals surface area contributed by atoms with Gasteiger partial charge in [0.2, 0.25) is 0 Å². The number of aromatic nitrogens is 4. The van der Waals surface area contributed by atoms with Crippen molar-refractivity contribution in [2.45, 2.75) is 32.9 Å².